The Bertz CT molecular complexity index is 1030. The minimum Gasteiger partial charge on any atom is -0.461 e. The van der Waals surface area contributed by atoms with Gasteiger partial charge < -0.3 is 9.73 Å². The van der Waals surface area contributed by atoms with Crippen molar-refractivity contribution in [3.8, 4) is 11.6 Å². The summed E-state index contributed by atoms with van der Waals surface area (Å²) in [5, 5.41) is 16.6. The lowest BCUT2D eigenvalue weighted by atomic mass is 10.3. The minimum absolute atomic E-state index is 0.0172. The summed E-state index contributed by atoms with van der Waals surface area (Å²) in [4.78, 5) is 12.1. The first kappa shape index (κ1) is 19.1. The Morgan fingerprint density at radius 2 is 2.00 bits per heavy atom. The molecule has 0 spiro atoms. The maximum Gasteiger partial charge on any atom is 0.238 e. The van der Waals surface area contributed by atoms with Gasteiger partial charge in [0.15, 0.2) is 16.7 Å². The van der Waals surface area contributed by atoms with Crippen LogP contribution >= 0.6 is 11.8 Å². The molecule has 11 heteroatoms. The number of rotatable bonds is 7. The van der Waals surface area contributed by atoms with E-state index < -0.39 is 10.0 Å². The van der Waals surface area contributed by atoms with E-state index >= 15 is 0 Å². The molecule has 0 saturated carbocycles. The fraction of sp³-hybridized carbons (Fsp3) is 0.188. The van der Waals surface area contributed by atoms with Crippen LogP contribution in [0.2, 0.25) is 0 Å². The molecule has 0 bridgehead atoms. The van der Waals surface area contributed by atoms with Crippen LogP contribution in [0.3, 0.4) is 0 Å². The number of hydrogen-bond acceptors (Lipinski definition) is 7. The molecule has 1 amide bonds. The standard InChI is InChI=1S/C16H17N5O4S2/c1-2-21-15(13-4-3-9-25-13)19-20-16(21)26-10-14(22)18-11-5-7-12(8-6-11)27(17,23)24/h3-9H,2,10H2,1H3,(H,18,22)(H2,17,23,24). The SMILES string of the molecule is CCn1c(SCC(=O)Nc2ccc(S(N)(=O)=O)cc2)nnc1-c1ccco1. The van der Waals surface area contributed by atoms with Crippen molar-refractivity contribution < 1.29 is 17.6 Å². The van der Waals surface area contributed by atoms with E-state index in [-0.39, 0.29) is 16.6 Å². The second kappa shape index (κ2) is 7.94. The lowest BCUT2D eigenvalue weighted by Crippen LogP contribution is -2.15. The number of carbonyl (C=O) groups is 1. The number of carbonyl (C=O) groups excluding carboxylic acids is 1. The van der Waals surface area contributed by atoms with Gasteiger partial charge in [-0.1, -0.05) is 11.8 Å². The molecule has 0 aliphatic carbocycles. The third-order valence-corrected chi connectivity index (χ3v) is 5.47. The first-order chi connectivity index (χ1) is 12.9. The highest BCUT2D eigenvalue weighted by Crippen LogP contribution is 2.24. The monoisotopic (exact) mass is 407 g/mol. The Kier molecular flexibility index (Phi) is 5.63. The van der Waals surface area contributed by atoms with Gasteiger partial charge in [-0.3, -0.25) is 9.36 Å². The van der Waals surface area contributed by atoms with Crippen molar-refractivity contribution >= 4 is 33.4 Å². The Balaban J connectivity index is 1.63. The van der Waals surface area contributed by atoms with Gasteiger partial charge in [-0.2, -0.15) is 0 Å². The number of thioether (sulfide) groups is 1. The number of hydrogen-bond donors (Lipinski definition) is 2. The van der Waals surface area contributed by atoms with Crippen LogP contribution in [0.1, 0.15) is 6.92 Å². The number of nitrogens with two attached hydrogens (primary N) is 1. The third kappa shape index (κ3) is 4.56. The van der Waals surface area contributed by atoms with Crippen LogP contribution < -0.4 is 10.5 Å². The molecule has 27 heavy (non-hydrogen) atoms. The Hall–Kier alpha value is -2.63. The summed E-state index contributed by atoms with van der Waals surface area (Å²) in [5.74, 6) is 1.07. The summed E-state index contributed by atoms with van der Waals surface area (Å²) < 4.78 is 29.7. The van der Waals surface area contributed by atoms with E-state index in [9.17, 15) is 13.2 Å². The molecule has 142 valence electrons. The average Bonchev–Trinajstić information content (AvgIpc) is 3.28. The van der Waals surface area contributed by atoms with E-state index in [1.807, 2.05) is 11.5 Å². The van der Waals surface area contributed by atoms with E-state index in [4.69, 9.17) is 9.56 Å². The second-order valence-electron chi connectivity index (χ2n) is 5.43. The largest absolute Gasteiger partial charge is 0.461 e. The Morgan fingerprint density at radius 1 is 1.26 bits per heavy atom. The van der Waals surface area contributed by atoms with Gasteiger partial charge in [0.2, 0.25) is 15.9 Å². The number of nitrogens with one attached hydrogen (secondary N) is 1. The molecule has 0 atom stereocenters. The van der Waals surface area contributed by atoms with E-state index in [2.05, 4.69) is 15.5 Å². The molecule has 0 radical (unpaired) electrons. The topological polar surface area (TPSA) is 133 Å². The van der Waals surface area contributed by atoms with Crippen LogP contribution in [-0.4, -0.2) is 34.8 Å². The van der Waals surface area contributed by atoms with Gasteiger partial charge >= 0.3 is 0 Å². The van der Waals surface area contributed by atoms with E-state index in [1.54, 1.807) is 18.4 Å². The highest BCUT2D eigenvalue weighted by atomic mass is 32.2. The number of primary sulfonamides is 1. The number of aromatic nitrogens is 3. The fourth-order valence-corrected chi connectivity index (χ4v) is 3.64. The lowest BCUT2D eigenvalue weighted by Gasteiger charge is -2.07. The van der Waals surface area contributed by atoms with Crippen molar-refractivity contribution in [1.82, 2.24) is 14.8 Å². The van der Waals surface area contributed by atoms with Crippen LogP contribution in [0.5, 0.6) is 0 Å². The molecule has 3 N–H and O–H groups in total. The van der Waals surface area contributed by atoms with Gasteiger partial charge in [-0.05, 0) is 43.3 Å². The van der Waals surface area contributed by atoms with Crippen LogP contribution in [0.4, 0.5) is 5.69 Å². The number of benzene rings is 1. The minimum atomic E-state index is -3.76. The first-order valence-corrected chi connectivity index (χ1v) is 10.4. The number of furan rings is 1. The predicted octanol–water partition coefficient (Wildman–Crippen LogP) is 1.94. The zero-order chi connectivity index (χ0) is 19.4. The highest BCUT2D eigenvalue weighted by Gasteiger charge is 2.16. The van der Waals surface area contributed by atoms with Gasteiger partial charge in [-0.15, -0.1) is 10.2 Å². The lowest BCUT2D eigenvalue weighted by molar-refractivity contribution is -0.113. The predicted molar refractivity (Wildman–Crippen MR) is 101 cm³/mol. The molecule has 0 aliphatic rings. The average molecular weight is 407 g/mol. The molecular formula is C16H17N5O4S2. The maximum atomic E-state index is 12.2. The zero-order valence-electron chi connectivity index (χ0n) is 14.3. The molecule has 0 unspecified atom stereocenters. The summed E-state index contributed by atoms with van der Waals surface area (Å²) in [6.07, 6.45) is 1.56. The summed E-state index contributed by atoms with van der Waals surface area (Å²) in [6.45, 7) is 2.58. The second-order valence-corrected chi connectivity index (χ2v) is 7.94. The first-order valence-electron chi connectivity index (χ1n) is 7.91. The van der Waals surface area contributed by atoms with Gasteiger partial charge in [0.05, 0.1) is 16.9 Å². The highest BCUT2D eigenvalue weighted by molar-refractivity contribution is 7.99. The Labute approximate surface area is 160 Å². The van der Waals surface area contributed by atoms with E-state index in [1.165, 1.54) is 36.0 Å². The van der Waals surface area contributed by atoms with Gasteiger partial charge in [0.1, 0.15) is 0 Å². The number of nitrogens with zero attached hydrogens (tertiary/aromatic N) is 3. The maximum absolute atomic E-state index is 12.2. The van der Waals surface area contributed by atoms with Crippen LogP contribution in [0.15, 0.2) is 57.1 Å². The smallest absolute Gasteiger partial charge is 0.238 e. The number of anilines is 1. The molecule has 3 rings (SSSR count). The van der Waals surface area contributed by atoms with Crippen molar-refractivity contribution in [1.29, 1.82) is 0 Å². The summed E-state index contributed by atoms with van der Waals surface area (Å²) in [5.41, 5.74) is 0.473. The molecular weight excluding hydrogens is 390 g/mol. The molecule has 0 aliphatic heterocycles. The molecule has 2 aromatic heterocycles. The van der Waals surface area contributed by atoms with Crippen LogP contribution in [0.25, 0.3) is 11.6 Å². The summed E-state index contributed by atoms with van der Waals surface area (Å²) >= 11 is 1.24. The summed E-state index contributed by atoms with van der Waals surface area (Å²) in [7, 11) is -3.76. The van der Waals surface area contributed by atoms with Crippen molar-refractivity contribution in [2.45, 2.75) is 23.5 Å². The molecule has 0 fully saturated rings. The zero-order valence-corrected chi connectivity index (χ0v) is 16.0. The van der Waals surface area contributed by atoms with E-state index in [0.717, 1.165) is 0 Å². The molecule has 0 saturated heterocycles. The van der Waals surface area contributed by atoms with Crippen LogP contribution in [-0.2, 0) is 21.4 Å². The van der Waals surface area contributed by atoms with Crippen molar-refractivity contribution in [2.75, 3.05) is 11.1 Å². The van der Waals surface area contributed by atoms with Crippen molar-refractivity contribution in [2.24, 2.45) is 5.14 Å². The molecule has 1 aromatic carbocycles. The van der Waals surface area contributed by atoms with Gasteiger partial charge in [0, 0.05) is 12.2 Å². The van der Waals surface area contributed by atoms with Crippen LogP contribution in [0, 0.1) is 0 Å². The number of amides is 1. The van der Waals surface area contributed by atoms with Gasteiger partial charge in [-0.25, -0.2) is 13.6 Å². The number of sulfonamides is 1. The summed E-state index contributed by atoms with van der Waals surface area (Å²) in [6, 6.07) is 9.19. The normalized spacial score (nSPS) is 11.5. The Morgan fingerprint density at radius 3 is 2.59 bits per heavy atom. The quantitative estimate of drug-likeness (QED) is 0.572. The molecule has 9 nitrogen and oxygen atoms in total. The van der Waals surface area contributed by atoms with E-state index in [0.29, 0.717) is 29.0 Å². The van der Waals surface area contributed by atoms with Gasteiger partial charge in [0.25, 0.3) is 0 Å². The fourth-order valence-electron chi connectivity index (χ4n) is 2.32. The molecule has 3 aromatic rings. The van der Waals surface area contributed by atoms with Crippen molar-refractivity contribution in [3.63, 3.8) is 0 Å². The van der Waals surface area contributed by atoms with Crippen molar-refractivity contribution in [3.05, 3.63) is 42.7 Å². The third-order valence-electron chi connectivity index (χ3n) is 3.57. The molecule has 2 heterocycles.